The van der Waals surface area contributed by atoms with Crippen molar-refractivity contribution in [1.82, 2.24) is 4.57 Å². The van der Waals surface area contributed by atoms with E-state index in [0.717, 1.165) is 17.9 Å². The van der Waals surface area contributed by atoms with Gasteiger partial charge in [-0.3, -0.25) is 4.79 Å². The number of hydrogen-bond donors (Lipinski definition) is 0. The van der Waals surface area contributed by atoms with Gasteiger partial charge in [0.05, 0.1) is 0 Å². The average Bonchev–Trinajstić information content (AvgIpc) is 3.06. The van der Waals surface area contributed by atoms with Crippen LogP contribution in [0.5, 0.6) is 0 Å². The summed E-state index contributed by atoms with van der Waals surface area (Å²) in [6.07, 6.45) is 4.58. The van der Waals surface area contributed by atoms with Gasteiger partial charge in [0.2, 0.25) is 0 Å². The number of hydrogen-bond acceptors (Lipinski definition) is 2. The third kappa shape index (κ3) is 2.47. The lowest BCUT2D eigenvalue weighted by Crippen LogP contribution is -2.07. The molecule has 0 N–H and O–H groups in total. The Morgan fingerprint density at radius 1 is 1.37 bits per heavy atom. The molecule has 1 atom stereocenters. The highest BCUT2D eigenvalue weighted by molar-refractivity contribution is 7.99. The topological polar surface area (TPSA) is 22.0 Å². The molecule has 1 aliphatic rings. The van der Waals surface area contributed by atoms with E-state index in [4.69, 9.17) is 0 Å². The van der Waals surface area contributed by atoms with E-state index in [0.29, 0.717) is 12.3 Å². The molecule has 0 radical (unpaired) electrons. The molecule has 1 aliphatic heterocycles. The standard InChI is InChI=1S/C16H17NOS/c1-2-15(18)12-7-8-17(9-12)10-13-11-19-16-6-4-3-5-14(13)16/h3-9,13H,2,10-11H2,1H3. The largest absolute Gasteiger partial charge is 0.353 e. The van der Waals surface area contributed by atoms with Gasteiger partial charge in [0, 0.05) is 47.5 Å². The molecule has 98 valence electrons. The quantitative estimate of drug-likeness (QED) is 0.785. The maximum absolute atomic E-state index is 11.6. The predicted octanol–water partition coefficient (Wildman–Crippen LogP) is 3.97. The molecule has 0 spiro atoms. The second kappa shape index (κ2) is 5.25. The summed E-state index contributed by atoms with van der Waals surface area (Å²) in [5, 5.41) is 0. The molecule has 3 rings (SSSR count). The molecule has 1 aromatic heterocycles. The molecular weight excluding hydrogens is 254 g/mol. The third-order valence-electron chi connectivity index (χ3n) is 3.62. The van der Waals surface area contributed by atoms with Gasteiger partial charge in [0.1, 0.15) is 0 Å². The fourth-order valence-electron chi connectivity index (χ4n) is 2.56. The van der Waals surface area contributed by atoms with Gasteiger partial charge >= 0.3 is 0 Å². The van der Waals surface area contributed by atoms with Crippen LogP contribution in [-0.2, 0) is 6.54 Å². The van der Waals surface area contributed by atoms with Crippen molar-refractivity contribution in [3.8, 4) is 0 Å². The van der Waals surface area contributed by atoms with E-state index in [2.05, 4.69) is 28.8 Å². The number of aromatic nitrogens is 1. The van der Waals surface area contributed by atoms with Crippen molar-refractivity contribution in [2.45, 2.75) is 30.7 Å². The number of carbonyl (C=O) groups excluding carboxylic acids is 1. The third-order valence-corrected chi connectivity index (χ3v) is 4.88. The van der Waals surface area contributed by atoms with Gasteiger partial charge in [-0.05, 0) is 17.7 Å². The molecule has 2 aromatic rings. The van der Waals surface area contributed by atoms with Crippen LogP contribution in [0.15, 0.2) is 47.6 Å². The normalized spacial score (nSPS) is 17.4. The lowest BCUT2D eigenvalue weighted by atomic mass is 10.0. The van der Waals surface area contributed by atoms with Gasteiger partial charge in [-0.15, -0.1) is 11.8 Å². The van der Waals surface area contributed by atoms with E-state index < -0.39 is 0 Å². The fraction of sp³-hybridized carbons (Fsp3) is 0.312. The van der Waals surface area contributed by atoms with Gasteiger partial charge in [-0.25, -0.2) is 0 Å². The first kappa shape index (κ1) is 12.5. The summed E-state index contributed by atoms with van der Waals surface area (Å²) < 4.78 is 2.15. The first-order chi connectivity index (χ1) is 9.28. The van der Waals surface area contributed by atoms with Gasteiger partial charge in [0.15, 0.2) is 5.78 Å². The van der Waals surface area contributed by atoms with Gasteiger partial charge < -0.3 is 4.57 Å². The minimum atomic E-state index is 0.222. The van der Waals surface area contributed by atoms with E-state index in [1.54, 1.807) is 0 Å². The van der Waals surface area contributed by atoms with Crippen LogP contribution in [0.4, 0.5) is 0 Å². The Kier molecular flexibility index (Phi) is 3.47. The summed E-state index contributed by atoms with van der Waals surface area (Å²) in [6.45, 7) is 2.87. The smallest absolute Gasteiger partial charge is 0.164 e. The first-order valence-corrected chi connectivity index (χ1v) is 7.67. The van der Waals surface area contributed by atoms with Crippen LogP contribution >= 0.6 is 11.8 Å². The number of rotatable bonds is 4. The van der Waals surface area contributed by atoms with Crippen LogP contribution in [0.3, 0.4) is 0 Å². The zero-order valence-electron chi connectivity index (χ0n) is 11.0. The number of benzene rings is 1. The highest BCUT2D eigenvalue weighted by atomic mass is 32.2. The van der Waals surface area contributed by atoms with Crippen LogP contribution in [0.25, 0.3) is 0 Å². The summed E-state index contributed by atoms with van der Waals surface area (Å²) in [6, 6.07) is 10.6. The Balaban J connectivity index is 1.76. The van der Waals surface area contributed by atoms with E-state index in [9.17, 15) is 4.79 Å². The molecule has 0 aliphatic carbocycles. The first-order valence-electron chi connectivity index (χ1n) is 6.68. The number of carbonyl (C=O) groups is 1. The Labute approximate surface area is 117 Å². The van der Waals surface area contributed by atoms with Gasteiger partial charge in [0.25, 0.3) is 0 Å². The number of nitrogens with zero attached hydrogens (tertiary/aromatic N) is 1. The van der Waals surface area contributed by atoms with Crippen LogP contribution in [0.1, 0.15) is 35.2 Å². The average molecular weight is 271 g/mol. The number of Topliss-reactive ketones (excluding diaryl/α,β-unsaturated/α-hetero) is 1. The second-order valence-electron chi connectivity index (χ2n) is 4.92. The second-order valence-corrected chi connectivity index (χ2v) is 5.98. The van der Waals surface area contributed by atoms with E-state index >= 15 is 0 Å². The van der Waals surface area contributed by atoms with Crippen molar-refractivity contribution >= 4 is 17.5 Å². The summed E-state index contributed by atoms with van der Waals surface area (Å²) in [5.74, 6) is 1.91. The van der Waals surface area contributed by atoms with Crippen molar-refractivity contribution in [3.63, 3.8) is 0 Å². The lowest BCUT2D eigenvalue weighted by Gasteiger charge is -2.11. The fourth-order valence-corrected chi connectivity index (χ4v) is 3.80. The Morgan fingerprint density at radius 3 is 3.05 bits per heavy atom. The molecule has 0 saturated heterocycles. The van der Waals surface area contributed by atoms with Crippen molar-refractivity contribution in [3.05, 3.63) is 53.9 Å². The van der Waals surface area contributed by atoms with E-state index in [1.807, 2.05) is 37.1 Å². The van der Waals surface area contributed by atoms with Gasteiger partial charge in [-0.2, -0.15) is 0 Å². The minimum Gasteiger partial charge on any atom is -0.353 e. The zero-order chi connectivity index (χ0) is 13.2. The molecule has 0 amide bonds. The summed E-state index contributed by atoms with van der Waals surface area (Å²) in [5.41, 5.74) is 2.28. The maximum atomic E-state index is 11.6. The molecule has 1 aromatic carbocycles. The molecule has 19 heavy (non-hydrogen) atoms. The van der Waals surface area contributed by atoms with Gasteiger partial charge in [-0.1, -0.05) is 25.1 Å². The Morgan fingerprint density at radius 2 is 2.21 bits per heavy atom. The SMILES string of the molecule is CCC(=O)c1ccn(CC2CSc3ccccc32)c1. The Bertz CT molecular complexity index is 602. The number of thioether (sulfide) groups is 1. The number of fused-ring (bicyclic) bond motifs is 1. The molecule has 2 nitrogen and oxygen atoms in total. The zero-order valence-corrected chi connectivity index (χ0v) is 11.8. The van der Waals surface area contributed by atoms with Crippen LogP contribution in [0.2, 0.25) is 0 Å². The van der Waals surface area contributed by atoms with Crippen LogP contribution in [-0.4, -0.2) is 16.1 Å². The summed E-state index contributed by atoms with van der Waals surface area (Å²) >= 11 is 1.93. The molecular formula is C16H17NOS. The van der Waals surface area contributed by atoms with E-state index in [-0.39, 0.29) is 5.78 Å². The molecule has 2 heterocycles. The molecule has 0 saturated carbocycles. The predicted molar refractivity (Wildman–Crippen MR) is 79.0 cm³/mol. The van der Waals surface area contributed by atoms with Crippen molar-refractivity contribution in [2.75, 3.05) is 5.75 Å². The summed E-state index contributed by atoms with van der Waals surface area (Å²) in [4.78, 5) is 13.1. The van der Waals surface area contributed by atoms with Crippen molar-refractivity contribution < 1.29 is 4.79 Å². The highest BCUT2D eigenvalue weighted by Crippen LogP contribution is 2.40. The highest BCUT2D eigenvalue weighted by Gasteiger charge is 2.22. The Hall–Kier alpha value is -1.48. The molecule has 0 bridgehead atoms. The molecule has 3 heteroatoms. The molecule has 0 fully saturated rings. The summed E-state index contributed by atoms with van der Waals surface area (Å²) in [7, 11) is 0. The lowest BCUT2D eigenvalue weighted by molar-refractivity contribution is 0.0988. The van der Waals surface area contributed by atoms with Crippen LogP contribution in [0, 0.1) is 0 Å². The van der Waals surface area contributed by atoms with E-state index in [1.165, 1.54) is 10.5 Å². The van der Waals surface area contributed by atoms with Crippen LogP contribution < -0.4 is 0 Å². The minimum absolute atomic E-state index is 0.222. The monoisotopic (exact) mass is 271 g/mol. The van der Waals surface area contributed by atoms with Crippen molar-refractivity contribution in [2.24, 2.45) is 0 Å². The molecule has 1 unspecified atom stereocenters. The maximum Gasteiger partial charge on any atom is 0.164 e. The number of ketones is 1. The van der Waals surface area contributed by atoms with Crippen molar-refractivity contribution in [1.29, 1.82) is 0 Å².